The summed E-state index contributed by atoms with van der Waals surface area (Å²) in [7, 11) is 0. The van der Waals surface area contributed by atoms with Gasteiger partial charge < -0.3 is 15.0 Å². The summed E-state index contributed by atoms with van der Waals surface area (Å²) in [5.74, 6) is 0.547. The third kappa shape index (κ3) is 5.15. The van der Waals surface area contributed by atoms with E-state index >= 15 is 0 Å². The van der Waals surface area contributed by atoms with Crippen molar-refractivity contribution >= 4 is 16.8 Å². The summed E-state index contributed by atoms with van der Waals surface area (Å²) in [6.07, 6.45) is 5.21. The van der Waals surface area contributed by atoms with Gasteiger partial charge in [0.2, 0.25) is 5.91 Å². The fourth-order valence-electron chi connectivity index (χ4n) is 5.03. The molecule has 2 heterocycles. The first-order valence-corrected chi connectivity index (χ1v) is 11.8. The second-order valence-corrected chi connectivity index (χ2v) is 9.05. The largest absolute Gasteiger partial charge is 0.377 e. The summed E-state index contributed by atoms with van der Waals surface area (Å²) in [4.78, 5) is 35.2. The molecule has 1 amide bonds. The van der Waals surface area contributed by atoms with Crippen molar-refractivity contribution in [3.63, 3.8) is 0 Å². The van der Waals surface area contributed by atoms with Crippen LogP contribution in [0, 0.1) is 0 Å². The van der Waals surface area contributed by atoms with Crippen molar-refractivity contribution in [1.29, 1.82) is 0 Å². The van der Waals surface area contributed by atoms with Crippen LogP contribution in [0.1, 0.15) is 48.7 Å². The number of nitrogens with one attached hydrogen (secondary N) is 2. The predicted octanol–water partition coefficient (Wildman–Crippen LogP) is 3.10. The Balaban J connectivity index is 1.31. The number of hydrogen-bond donors (Lipinski definition) is 2. The monoisotopic (exact) mass is 446 g/mol. The molecule has 1 fully saturated rings. The lowest BCUT2D eigenvalue weighted by atomic mass is 9.88. The highest BCUT2D eigenvalue weighted by Gasteiger charge is 2.25. The van der Waals surface area contributed by atoms with Crippen molar-refractivity contribution in [3.8, 4) is 0 Å². The van der Waals surface area contributed by atoms with E-state index < -0.39 is 0 Å². The van der Waals surface area contributed by atoms with E-state index in [0.717, 1.165) is 38.7 Å². The van der Waals surface area contributed by atoms with Crippen LogP contribution < -0.4 is 10.9 Å². The molecule has 1 aliphatic heterocycles. The van der Waals surface area contributed by atoms with E-state index in [0.29, 0.717) is 29.8 Å². The molecule has 33 heavy (non-hydrogen) atoms. The zero-order valence-electron chi connectivity index (χ0n) is 18.8. The van der Waals surface area contributed by atoms with E-state index in [2.05, 4.69) is 33.5 Å². The Morgan fingerprint density at radius 3 is 2.85 bits per heavy atom. The molecule has 2 aliphatic rings. The molecule has 0 unspecified atom stereocenters. The number of nitrogens with zero attached hydrogens (tertiary/aromatic N) is 2. The second kappa shape index (κ2) is 9.85. The highest BCUT2D eigenvalue weighted by atomic mass is 16.5. The molecule has 2 aromatic carbocycles. The molecule has 2 N–H and O–H groups in total. The van der Waals surface area contributed by atoms with E-state index in [1.165, 1.54) is 11.1 Å². The minimum absolute atomic E-state index is 0.0159. The molecule has 1 aromatic heterocycles. The third-order valence-corrected chi connectivity index (χ3v) is 6.59. The minimum Gasteiger partial charge on any atom is -0.377 e. The number of carbonyl (C=O) groups excluding carboxylic acids is 1. The standard InChI is InChI=1S/C26H30N4O3/c31-25(28-22-13-5-8-18-7-1-2-10-20(18)22)17-30(15-19-9-6-14-33-19)16-24-27-23-12-4-3-11-21(23)26(32)29-24/h1-4,7,10-12,19,22H,5-6,8-9,13-17H2,(H,28,31)(H,27,29,32)/t19-,22-/m1/s1. The van der Waals surface area contributed by atoms with E-state index in [1.807, 2.05) is 29.2 Å². The van der Waals surface area contributed by atoms with Gasteiger partial charge in [0.25, 0.3) is 5.56 Å². The first-order valence-electron chi connectivity index (χ1n) is 11.8. The first-order chi connectivity index (χ1) is 16.2. The predicted molar refractivity (Wildman–Crippen MR) is 127 cm³/mol. The van der Waals surface area contributed by atoms with Gasteiger partial charge in [0, 0.05) is 13.2 Å². The van der Waals surface area contributed by atoms with Crippen LogP contribution >= 0.6 is 0 Å². The Labute approximate surface area is 193 Å². The van der Waals surface area contributed by atoms with Crippen molar-refractivity contribution in [2.75, 3.05) is 19.7 Å². The Bertz CT molecular complexity index is 1190. The van der Waals surface area contributed by atoms with Crippen molar-refractivity contribution in [2.24, 2.45) is 0 Å². The molecule has 0 radical (unpaired) electrons. The van der Waals surface area contributed by atoms with Crippen LogP contribution in [0.2, 0.25) is 0 Å². The number of aryl methyl sites for hydroxylation is 1. The van der Waals surface area contributed by atoms with Crippen molar-refractivity contribution in [3.05, 3.63) is 75.8 Å². The summed E-state index contributed by atoms with van der Waals surface area (Å²) < 4.78 is 5.83. The molecular formula is C26H30N4O3. The fourth-order valence-corrected chi connectivity index (χ4v) is 5.03. The first kappa shape index (κ1) is 21.8. The van der Waals surface area contributed by atoms with E-state index in [1.54, 1.807) is 6.07 Å². The SMILES string of the molecule is O=C(CN(Cc1nc2ccccc2c(=O)[nH]1)C[C@H]1CCCO1)N[C@@H]1CCCc2ccccc21. The van der Waals surface area contributed by atoms with E-state index in [-0.39, 0.29) is 30.2 Å². The Morgan fingerprint density at radius 1 is 1.12 bits per heavy atom. The quantitative estimate of drug-likeness (QED) is 0.582. The average molecular weight is 447 g/mol. The molecule has 5 rings (SSSR count). The highest BCUT2D eigenvalue weighted by Crippen LogP contribution is 2.29. The zero-order valence-corrected chi connectivity index (χ0v) is 18.8. The van der Waals surface area contributed by atoms with Crippen LogP contribution in [0.4, 0.5) is 0 Å². The fraction of sp³-hybridized carbons (Fsp3) is 0.423. The Hall–Kier alpha value is -3.03. The van der Waals surface area contributed by atoms with Gasteiger partial charge in [-0.25, -0.2) is 4.98 Å². The lowest BCUT2D eigenvalue weighted by Gasteiger charge is -2.28. The van der Waals surface area contributed by atoms with E-state index in [4.69, 9.17) is 4.74 Å². The number of rotatable bonds is 7. The molecule has 1 saturated heterocycles. The van der Waals surface area contributed by atoms with Crippen LogP contribution in [0.25, 0.3) is 10.9 Å². The van der Waals surface area contributed by atoms with Crippen LogP contribution in [0.15, 0.2) is 53.3 Å². The Morgan fingerprint density at radius 2 is 1.97 bits per heavy atom. The van der Waals surface area contributed by atoms with Crippen LogP contribution in [0.5, 0.6) is 0 Å². The molecule has 7 heteroatoms. The number of carbonyl (C=O) groups is 1. The maximum absolute atomic E-state index is 13.1. The number of aromatic amines is 1. The molecule has 0 saturated carbocycles. The normalized spacial score (nSPS) is 20.2. The summed E-state index contributed by atoms with van der Waals surface area (Å²) in [6, 6.07) is 15.7. The zero-order chi connectivity index (χ0) is 22.6. The number of amides is 1. The number of para-hydroxylation sites is 1. The topological polar surface area (TPSA) is 87.3 Å². The highest BCUT2D eigenvalue weighted by molar-refractivity contribution is 5.79. The molecule has 2 atom stereocenters. The van der Waals surface area contributed by atoms with Crippen molar-refractivity contribution < 1.29 is 9.53 Å². The Kier molecular flexibility index (Phi) is 6.51. The number of H-pyrrole nitrogens is 1. The number of hydrogen-bond acceptors (Lipinski definition) is 5. The second-order valence-electron chi connectivity index (χ2n) is 9.05. The lowest BCUT2D eigenvalue weighted by molar-refractivity contribution is -0.123. The van der Waals surface area contributed by atoms with E-state index in [9.17, 15) is 9.59 Å². The van der Waals surface area contributed by atoms with Gasteiger partial charge in [0.05, 0.1) is 36.1 Å². The molecule has 1 aliphatic carbocycles. The van der Waals surface area contributed by atoms with Gasteiger partial charge in [-0.05, 0) is 55.4 Å². The molecule has 172 valence electrons. The van der Waals surface area contributed by atoms with Gasteiger partial charge in [-0.1, -0.05) is 36.4 Å². The van der Waals surface area contributed by atoms with Gasteiger partial charge in [-0.2, -0.15) is 0 Å². The average Bonchev–Trinajstić information content (AvgIpc) is 3.32. The molecule has 0 bridgehead atoms. The summed E-state index contributed by atoms with van der Waals surface area (Å²) in [5.41, 5.74) is 3.05. The van der Waals surface area contributed by atoms with Crippen molar-refractivity contribution in [1.82, 2.24) is 20.2 Å². The third-order valence-electron chi connectivity index (χ3n) is 6.59. The number of aromatic nitrogens is 2. The molecular weight excluding hydrogens is 416 g/mol. The summed E-state index contributed by atoms with van der Waals surface area (Å²) in [6.45, 7) is 2.00. The lowest BCUT2D eigenvalue weighted by Crippen LogP contribution is -2.42. The summed E-state index contributed by atoms with van der Waals surface area (Å²) in [5, 5.41) is 3.81. The van der Waals surface area contributed by atoms with Crippen LogP contribution in [-0.4, -0.2) is 46.6 Å². The van der Waals surface area contributed by atoms with Gasteiger partial charge >= 0.3 is 0 Å². The van der Waals surface area contributed by atoms with Gasteiger partial charge in [0.15, 0.2) is 0 Å². The summed E-state index contributed by atoms with van der Waals surface area (Å²) >= 11 is 0. The maximum atomic E-state index is 13.1. The maximum Gasteiger partial charge on any atom is 0.258 e. The van der Waals surface area contributed by atoms with Gasteiger partial charge in [-0.3, -0.25) is 14.5 Å². The minimum atomic E-state index is -0.157. The van der Waals surface area contributed by atoms with Crippen LogP contribution in [0.3, 0.4) is 0 Å². The molecule has 0 spiro atoms. The van der Waals surface area contributed by atoms with Crippen LogP contribution in [-0.2, 0) is 22.5 Å². The molecule has 3 aromatic rings. The number of benzene rings is 2. The van der Waals surface area contributed by atoms with Gasteiger partial charge in [-0.15, -0.1) is 0 Å². The van der Waals surface area contributed by atoms with Crippen molar-refractivity contribution in [2.45, 2.75) is 50.8 Å². The number of ether oxygens (including phenoxy) is 1. The smallest absolute Gasteiger partial charge is 0.258 e. The van der Waals surface area contributed by atoms with Gasteiger partial charge in [0.1, 0.15) is 5.82 Å². The number of fused-ring (bicyclic) bond motifs is 2. The molecule has 7 nitrogen and oxygen atoms in total.